The van der Waals surface area contributed by atoms with Gasteiger partial charge in [0.2, 0.25) is 0 Å². The molecule has 2 rings (SSSR count). The van der Waals surface area contributed by atoms with Gasteiger partial charge in [-0.3, -0.25) is 4.90 Å². The fraction of sp³-hybridized carbons (Fsp3) is 0.417. The van der Waals surface area contributed by atoms with E-state index in [2.05, 4.69) is 0 Å². The fourth-order valence-corrected chi connectivity index (χ4v) is 2.32. The molecule has 1 aromatic carbocycles. The van der Waals surface area contributed by atoms with Gasteiger partial charge in [0.05, 0.1) is 6.04 Å². The lowest BCUT2D eigenvalue weighted by Gasteiger charge is -2.38. The highest BCUT2D eigenvalue weighted by atomic mass is 16.4. The Hall–Kier alpha value is -1.55. The van der Waals surface area contributed by atoms with Crippen molar-refractivity contribution >= 4 is 6.09 Å². The van der Waals surface area contributed by atoms with Crippen molar-refractivity contribution in [2.75, 3.05) is 6.54 Å². The number of amides is 1. The number of likely N-dealkylation sites (tertiary alicyclic amines) is 1. The lowest BCUT2D eigenvalue weighted by molar-refractivity contribution is 0.0974. The Kier molecular flexibility index (Phi) is 3.10. The first kappa shape index (κ1) is 11.0. The van der Waals surface area contributed by atoms with Crippen molar-refractivity contribution < 1.29 is 9.90 Å². The molecule has 0 radical (unpaired) electrons. The van der Waals surface area contributed by atoms with Crippen LogP contribution in [0.4, 0.5) is 4.79 Å². The van der Waals surface area contributed by atoms with Gasteiger partial charge < -0.3 is 10.8 Å². The van der Waals surface area contributed by atoms with Crippen molar-refractivity contribution in [2.45, 2.75) is 24.9 Å². The molecule has 1 aliphatic heterocycles. The van der Waals surface area contributed by atoms with Crippen LogP contribution in [-0.2, 0) is 0 Å². The normalized spacial score (nSPS) is 25.4. The summed E-state index contributed by atoms with van der Waals surface area (Å²) in [5.41, 5.74) is 7.02. The number of nitrogens with two attached hydrogens (primary N) is 1. The van der Waals surface area contributed by atoms with Gasteiger partial charge in [-0.05, 0) is 18.4 Å². The Bertz CT molecular complexity index is 367. The first-order valence-corrected chi connectivity index (χ1v) is 5.50. The fourth-order valence-electron chi connectivity index (χ4n) is 2.32. The van der Waals surface area contributed by atoms with Crippen LogP contribution in [0.5, 0.6) is 0 Å². The van der Waals surface area contributed by atoms with Gasteiger partial charge in [0.15, 0.2) is 0 Å². The van der Waals surface area contributed by atoms with Gasteiger partial charge >= 0.3 is 6.09 Å². The van der Waals surface area contributed by atoms with E-state index in [-0.39, 0.29) is 12.1 Å². The molecule has 1 heterocycles. The smallest absolute Gasteiger partial charge is 0.407 e. The Morgan fingerprint density at radius 1 is 1.38 bits per heavy atom. The van der Waals surface area contributed by atoms with Gasteiger partial charge in [-0.25, -0.2) is 4.79 Å². The lowest BCUT2D eigenvalue weighted by atomic mass is 9.91. The molecule has 0 bridgehead atoms. The average molecular weight is 220 g/mol. The van der Waals surface area contributed by atoms with Gasteiger partial charge in [0.1, 0.15) is 0 Å². The molecular formula is C12H16N2O2. The van der Waals surface area contributed by atoms with Crippen molar-refractivity contribution in [1.82, 2.24) is 4.90 Å². The maximum Gasteiger partial charge on any atom is 0.407 e. The molecular weight excluding hydrogens is 204 g/mol. The highest BCUT2D eigenvalue weighted by Gasteiger charge is 2.33. The maximum absolute atomic E-state index is 11.2. The Labute approximate surface area is 94.7 Å². The number of nitrogens with zero attached hydrogens (tertiary/aromatic N) is 1. The molecule has 0 unspecified atom stereocenters. The van der Waals surface area contributed by atoms with Crippen LogP contribution in [0.3, 0.4) is 0 Å². The molecule has 1 fully saturated rings. The van der Waals surface area contributed by atoms with Crippen LogP contribution in [-0.4, -0.2) is 28.7 Å². The molecule has 0 saturated carbocycles. The van der Waals surface area contributed by atoms with Gasteiger partial charge in [-0.1, -0.05) is 30.3 Å². The van der Waals surface area contributed by atoms with Gasteiger partial charge in [-0.15, -0.1) is 0 Å². The minimum atomic E-state index is -0.885. The monoisotopic (exact) mass is 220 g/mol. The molecule has 0 aliphatic carbocycles. The predicted molar refractivity (Wildman–Crippen MR) is 61.1 cm³/mol. The first-order valence-electron chi connectivity index (χ1n) is 5.50. The highest BCUT2D eigenvalue weighted by molar-refractivity contribution is 5.66. The first-order chi connectivity index (χ1) is 7.70. The number of carbonyl (C=O) groups is 1. The number of piperidine rings is 1. The second-order valence-corrected chi connectivity index (χ2v) is 4.14. The third-order valence-electron chi connectivity index (χ3n) is 3.06. The van der Waals surface area contributed by atoms with Crippen molar-refractivity contribution in [2.24, 2.45) is 5.73 Å². The molecule has 0 aromatic heterocycles. The second-order valence-electron chi connectivity index (χ2n) is 4.14. The van der Waals surface area contributed by atoms with Crippen molar-refractivity contribution in [3.8, 4) is 0 Å². The molecule has 86 valence electrons. The van der Waals surface area contributed by atoms with E-state index in [1.165, 1.54) is 4.90 Å². The number of rotatable bonds is 1. The van der Waals surface area contributed by atoms with Crippen LogP contribution in [0, 0.1) is 0 Å². The third kappa shape index (κ3) is 2.02. The zero-order chi connectivity index (χ0) is 11.5. The van der Waals surface area contributed by atoms with Gasteiger partial charge in [-0.2, -0.15) is 0 Å². The predicted octanol–water partition coefficient (Wildman–Crippen LogP) is 1.83. The molecule has 4 nitrogen and oxygen atoms in total. The van der Waals surface area contributed by atoms with Crippen LogP contribution >= 0.6 is 0 Å². The summed E-state index contributed by atoms with van der Waals surface area (Å²) >= 11 is 0. The number of hydrogen-bond acceptors (Lipinski definition) is 2. The average Bonchev–Trinajstić information content (AvgIpc) is 2.29. The zero-order valence-electron chi connectivity index (χ0n) is 9.04. The molecule has 1 amide bonds. The SMILES string of the molecule is N[C@@H]1CCCN(C(=O)O)[C@@H]1c1ccccc1. The Morgan fingerprint density at radius 3 is 2.69 bits per heavy atom. The van der Waals surface area contributed by atoms with E-state index < -0.39 is 6.09 Å². The third-order valence-corrected chi connectivity index (χ3v) is 3.06. The van der Waals surface area contributed by atoms with E-state index in [1.54, 1.807) is 0 Å². The number of benzene rings is 1. The lowest BCUT2D eigenvalue weighted by Crippen LogP contribution is -2.48. The summed E-state index contributed by atoms with van der Waals surface area (Å²) in [7, 11) is 0. The van der Waals surface area contributed by atoms with Gasteiger partial charge in [0.25, 0.3) is 0 Å². The quantitative estimate of drug-likeness (QED) is 0.758. The Balaban J connectivity index is 2.30. The highest BCUT2D eigenvalue weighted by Crippen LogP contribution is 2.29. The standard InChI is InChI=1S/C12H16N2O2/c13-10-7-4-8-14(12(15)16)11(10)9-5-2-1-3-6-9/h1-3,5-6,10-11H,4,7-8,13H2,(H,15,16)/t10-,11-/m1/s1. The summed E-state index contributed by atoms with van der Waals surface area (Å²) in [5.74, 6) is 0. The molecule has 16 heavy (non-hydrogen) atoms. The molecule has 4 heteroatoms. The van der Waals surface area contributed by atoms with E-state index >= 15 is 0 Å². The summed E-state index contributed by atoms with van der Waals surface area (Å²) in [6, 6.07) is 9.31. The van der Waals surface area contributed by atoms with E-state index in [0.717, 1.165) is 18.4 Å². The molecule has 1 aliphatic rings. The Morgan fingerprint density at radius 2 is 2.06 bits per heavy atom. The maximum atomic E-state index is 11.2. The summed E-state index contributed by atoms with van der Waals surface area (Å²) in [6.07, 6.45) is 0.837. The molecule has 1 aromatic rings. The minimum absolute atomic E-state index is 0.104. The largest absolute Gasteiger partial charge is 0.465 e. The summed E-state index contributed by atoms with van der Waals surface area (Å²) in [5, 5.41) is 9.16. The summed E-state index contributed by atoms with van der Waals surface area (Å²) in [4.78, 5) is 12.6. The molecule has 0 spiro atoms. The summed E-state index contributed by atoms with van der Waals surface area (Å²) in [6.45, 7) is 0.572. The number of carboxylic acid groups (broad SMARTS) is 1. The van der Waals surface area contributed by atoms with Crippen LogP contribution in [0.25, 0.3) is 0 Å². The summed E-state index contributed by atoms with van der Waals surface area (Å²) < 4.78 is 0. The van der Waals surface area contributed by atoms with Crippen LogP contribution < -0.4 is 5.73 Å². The zero-order valence-corrected chi connectivity index (χ0v) is 9.04. The van der Waals surface area contributed by atoms with Crippen molar-refractivity contribution in [3.05, 3.63) is 35.9 Å². The number of hydrogen-bond donors (Lipinski definition) is 2. The topological polar surface area (TPSA) is 66.6 Å². The van der Waals surface area contributed by atoms with Crippen LogP contribution in [0.15, 0.2) is 30.3 Å². The minimum Gasteiger partial charge on any atom is -0.465 e. The van der Waals surface area contributed by atoms with E-state index in [9.17, 15) is 4.79 Å². The van der Waals surface area contributed by atoms with Crippen molar-refractivity contribution in [1.29, 1.82) is 0 Å². The molecule has 2 atom stereocenters. The van der Waals surface area contributed by atoms with Crippen LogP contribution in [0.2, 0.25) is 0 Å². The van der Waals surface area contributed by atoms with E-state index in [1.807, 2.05) is 30.3 Å². The second kappa shape index (κ2) is 4.53. The molecule has 1 saturated heterocycles. The van der Waals surface area contributed by atoms with Crippen molar-refractivity contribution in [3.63, 3.8) is 0 Å². The molecule has 3 N–H and O–H groups in total. The van der Waals surface area contributed by atoms with E-state index in [4.69, 9.17) is 10.8 Å². The van der Waals surface area contributed by atoms with Crippen LogP contribution in [0.1, 0.15) is 24.4 Å². The van der Waals surface area contributed by atoms with E-state index in [0.29, 0.717) is 6.54 Å². The van der Waals surface area contributed by atoms with Gasteiger partial charge in [0, 0.05) is 12.6 Å².